The Morgan fingerprint density at radius 1 is 0.314 bits per heavy atom. The molecular formula is C48H30N2S. The molecule has 0 saturated carbocycles. The average molecular weight is 667 g/mol. The maximum Gasteiger partial charge on any atom is 0.0634 e. The second-order valence-corrected chi connectivity index (χ2v) is 14.4. The molecule has 0 aliphatic carbocycles. The quantitative estimate of drug-likeness (QED) is 0.177. The van der Waals surface area contributed by atoms with E-state index in [0.29, 0.717) is 0 Å². The van der Waals surface area contributed by atoms with Gasteiger partial charge in [0.15, 0.2) is 0 Å². The fraction of sp³-hybridized carbons (Fsp3) is 0. The molecule has 0 N–H and O–H groups in total. The van der Waals surface area contributed by atoms with Crippen LogP contribution in [0.4, 0.5) is 0 Å². The smallest absolute Gasteiger partial charge is 0.0634 e. The van der Waals surface area contributed by atoms with Gasteiger partial charge in [0.2, 0.25) is 0 Å². The Morgan fingerprint density at radius 2 is 0.882 bits per heavy atom. The zero-order chi connectivity index (χ0) is 33.5. The minimum Gasteiger partial charge on any atom is -0.309 e. The van der Waals surface area contributed by atoms with Gasteiger partial charge in [-0.15, -0.1) is 11.3 Å². The van der Waals surface area contributed by atoms with Crippen molar-refractivity contribution in [3.8, 4) is 33.6 Å². The molecule has 0 aliphatic rings. The summed E-state index contributed by atoms with van der Waals surface area (Å²) in [5.41, 5.74) is 12.0. The minimum absolute atomic E-state index is 1.15. The number of fused-ring (bicyclic) bond motifs is 10. The predicted octanol–water partition coefficient (Wildman–Crippen LogP) is 13.6. The second kappa shape index (κ2) is 11.0. The first kappa shape index (κ1) is 28.4. The van der Waals surface area contributed by atoms with Crippen molar-refractivity contribution >= 4 is 75.1 Å². The second-order valence-electron chi connectivity index (χ2n) is 13.3. The molecule has 0 unspecified atom stereocenters. The van der Waals surface area contributed by atoms with Crippen LogP contribution in [0.5, 0.6) is 0 Å². The number of hydrogen-bond acceptors (Lipinski definition) is 1. The lowest BCUT2D eigenvalue weighted by atomic mass is 10.0. The number of thiophene rings is 1. The average Bonchev–Trinajstić information content (AvgIpc) is 3.85. The summed E-state index contributed by atoms with van der Waals surface area (Å²) in [4.78, 5) is 0. The summed E-state index contributed by atoms with van der Waals surface area (Å²) in [5, 5.41) is 7.69. The van der Waals surface area contributed by atoms with E-state index in [4.69, 9.17) is 0 Å². The number of benzene rings is 8. The van der Waals surface area contributed by atoms with Crippen molar-refractivity contribution in [3.63, 3.8) is 0 Å². The van der Waals surface area contributed by atoms with Crippen molar-refractivity contribution in [3.05, 3.63) is 182 Å². The Hall–Kier alpha value is -6.42. The summed E-state index contributed by atoms with van der Waals surface area (Å²) < 4.78 is 7.61. The number of rotatable bonds is 4. The molecule has 11 aromatic rings. The predicted molar refractivity (Wildman–Crippen MR) is 219 cm³/mol. The Morgan fingerprint density at radius 3 is 1.61 bits per heavy atom. The maximum absolute atomic E-state index is 2.53. The van der Waals surface area contributed by atoms with Gasteiger partial charge < -0.3 is 9.13 Å². The van der Waals surface area contributed by atoms with Crippen LogP contribution >= 0.6 is 11.3 Å². The third kappa shape index (κ3) is 4.29. The highest BCUT2D eigenvalue weighted by atomic mass is 32.1. The molecule has 0 amide bonds. The monoisotopic (exact) mass is 666 g/mol. The van der Waals surface area contributed by atoms with E-state index < -0.39 is 0 Å². The highest BCUT2D eigenvalue weighted by molar-refractivity contribution is 7.26. The fourth-order valence-electron chi connectivity index (χ4n) is 8.23. The lowest BCUT2D eigenvalue weighted by molar-refractivity contribution is 1.17. The lowest BCUT2D eigenvalue weighted by Gasteiger charge is -2.13. The van der Waals surface area contributed by atoms with Crippen molar-refractivity contribution < 1.29 is 0 Å². The van der Waals surface area contributed by atoms with Crippen LogP contribution in [0.15, 0.2) is 182 Å². The summed E-state index contributed by atoms with van der Waals surface area (Å²) in [6, 6.07) is 66.6. The van der Waals surface area contributed by atoms with Crippen molar-refractivity contribution in [1.82, 2.24) is 9.13 Å². The van der Waals surface area contributed by atoms with Gasteiger partial charge in [0.1, 0.15) is 0 Å². The van der Waals surface area contributed by atoms with Crippen LogP contribution < -0.4 is 0 Å². The van der Waals surface area contributed by atoms with Gasteiger partial charge in [-0.3, -0.25) is 0 Å². The Balaban J connectivity index is 1.28. The Bertz CT molecular complexity index is 3130. The first-order valence-electron chi connectivity index (χ1n) is 17.4. The molecule has 8 aromatic carbocycles. The molecule has 238 valence electrons. The third-order valence-electron chi connectivity index (χ3n) is 10.5. The Kier molecular flexibility index (Phi) is 6.16. The molecule has 0 fully saturated rings. The van der Waals surface area contributed by atoms with E-state index in [1.54, 1.807) is 0 Å². The van der Waals surface area contributed by atoms with Crippen LogP contribution in [0.2, 0.25) is 0 Å². The number of aromatic nitrogens is 2. The summed E-state index contributed by atoms with van der Waals surface area (Å²) in [6.07, 6.45) is 0. The first-order chi connectivity index (χ1) is 25.3. The topological polar surface area (TPSA) is 9.86 Å². The van der Waals surface area contributed by atoms with Gasteiger partial charge in [-0.25, -0.2) is 0 Å². The normalized spacial score (nSPS) is 11.9. The molecule has 11 rings (SSSR count). The summed E-state index contributed by atoms with van der Waals surface area (Å²) in [5.74, 6) is 0. The number of nitrogens with zero attached hydrogens (tertiary/aromatic N) is 2. The van der Waals surface area contributed by atoms with E-state index in [-0.39, 0.29) is 0 Å². The van der Waals surface area contributed by atoms with Crippen molar-refractivity contribution in [1.29, 1.82) is 0 Å². The SMILES string of the molecule is c1ccc(-c2cccc(-n3c4ccccc4c4cc5c6ccc7sc8ccccc8c7c6n(-c6cccc(-c7ccccc7)c6)c5cc43)c2)cc1. The van der Waals surface area contributed by atoms with Gasteiger partial charge in [0.25, 0.3) is 0 Å². The molecule has 0 bridgehead atoms. The van der Waals surface area contributed by atoms with Crippen LogP contribution in [0, 0.1) is 0 Å². The highest BCUT2D eigenvalue weighted by Crippen LogP contribution is 2.45. The Labute approximate surface area is 298 Å². The molecule has 3 aromatic heterocycles. The molecule has 2 nitrogen and oxygen atoms in total. The molecule has 0 radical (unpaired) electrons. The summed E-state index contributed by atoms with van der Waals surface area (Å²) in [7, 11) is 0. The van der Waals surface area contributed by atoms with Gasteiger partial charge in [-0.2, -0.15) is 0 Å². The minimum atomic E-state index is 1.15. The van der Waals surface area contributed by atoms with E-state index in [2.05, 4.69) is 191 Å². The molecule has 3 heterocycles. The van der Waals surface area contributed by atoms with Crippen LogP contribution in [-0.4, -0.2) is 9.13 Å². The summed E-state index contributed by atoms with van der Waals surface area (Å²) >= 11 is 1.88. The molecule has 3 heteroatoms. The van der Waals surface area contributed by atoms with Crippen molar-refractivity contribution in [2.45, 2.75) is 0 Å². The number of para-hydroxylation sites is 1. The molecular weight excluding hydrogens is 637 g/mol. The zero-order valence-corrected chi connectivity index (χ0v) is 28.4. The highest BCUT2D eigenvalue weighted by Gasteiger charge is 2.22. The van der Waals surface area contributed by atoms with E-state index >= 15 is 0 Å². The standard InChI is InChI=1S/C48H30N2S/c1-3-13-31(14-4-1)33-17-11-19-35(27-33)49-42-23-9-7-21-37(42)40-29-41-38-25-26-46-47(39-22-8-10-24-45(39)51-46)48(38)50(44(41)30-43(40)49)36-20-12-18-34(28-36)32-15-5-2-6-16-32/h1-30H. The largest absolute Gasteiger partial charge is 0.309 e. The van der Waals surface area contributed by atoms with E-state index in [9.17, 15) is 0 Å². The van der Waals surface area contributed by atoms with Crippen molar-refractivity contribution in [2.75, 3.05) is 0 Å². The van der Waals surface area contributed by atoms with E-state index in [1.807, 2.05) is 11.3 Å². The van der Waals surface area contributed by atoms with Crippen molar-refractivity contribution in [2.24, 2.45) is 0 Å². The fourth-order valence-corrected chi connectivity index (χ4v) is 9.34. The maximum atomic E-state index is 2.53. The molecule has 0 aliphatic heterocycles. The third-order valence-corrected chi connectivity index (χ3v) is 11.6. The van der Waals surface area contributed by atoms with Crippen LogP contribution in [0.25, 0.3) is 97.4 Å². The molecule has 0 saturated heterocycles. The van der Waals surface area contributed by atoms with Gasteiger partial charge in [-0.05, 0) is 76.9 Å². The van der Waals surface area contributed by atoms with E-state index in [1.165, 1.54) is 86.0 Å². The van der Waals surface area contributed by atoms with Gasteiger partial charge in [-0.1, -0.05) is 127 Å². The lowest BCUT2D eigenvalue weighted by Crippen LogP contribution is -1.97. The van der Waals surface area contributed by atoms with Gasteiger partial charge in [0, 0.05) is 53.1 Å². The molecule has 0 spiro atoms. The zero-order valence-electron chi connectivity index (χ0n) is 27.6. The molecule has 51 heavy (non-hydrogen) atoms. The number of hydrogen-bond donors (Lipinski definition) is 0. The van der Waals surface area contributed by atoms with E-state index in [0.717, 1.165) is 11.4 Å². The van der Waals surface area contributed by atoms with Crippen LogP contribution in [0.1, 0.15) is 0 Å². The van der Waals surface area contributed by atoms with Crippen LogP contribution in [0.3, 0.4) is 0 Å². The van der Waals surface area contributed by atoms with Gasteiger partial charge >= 0.3 is 0 Å². The van der Waals surface area contributed by atoms with Gasteiger partial charge in [0.05, 0.1) is 22.1 Å². The van der Waals surface area contributed by atoms with Crippen LogP contribution in [-0.2, 0) is 0 Å². The first-order valence-corrected chi connectivity index (χ1v) is 18.3. The molecule has 0 atom stereocenters. The summed E-state index contributed by atoms with van der Waals surface area (Å²) in [6.45, 7) is 0.